The lowest BCUT2D eigenvalue weighted by Gasteiger charge is -2.10. The first kappa shape index (κ1) is 17.5. The van der Waals surface area contributed by atoms with Crippen LogP contribution in [0.3, 0.4) is 0 Å². The molecule has 0 aliphatic carbocycles. The summed E-state index contributed by atoms with van der Waals surface area (Å²) in [7, 11) is 0. The molecule has 0 aliphatic rings. The molecule has 3 heteroatoms. The summed E-state index contributed by atoms with van der Waals surface area (Å²) in [4.78, 5) is 12.5. The van der Waals surface area contributed by atoms with Crippen molar-refractivity contribution in [2.24, 2.45) is 0 Å². The Morgan fingerprint density at radius 3 is 2.33 bits per heavy atom. The van der Waals surface area contributed by atoms with Crippen LogP contribution in [-0.4, -0.2) is 16.0 Å². The van der Waals surface area contributed by atoms with Gasteiger partial charge >= 0.3 is 0 Å². The zero-order valence-corrected chi connectivity index (χ0v) is 14.2. The smallest absolute Gasteiger partial charge is 0.186 e. The van der Waals surface area contributed by atoms with Crippen molar-refractivity contribution in [3.63, 3.8) is 0 Å². The van der Waals surface area contributed by atoms with E-state index in [9.17, 15) is 15.0 Å². The monoisotopic (exact) mass is 322 g/mol. The van der Waals surface area contributed by atoms with Gasteiger partial charge in [0.1, 0.15) is 11.5 Å². The molecular weight excluding hydrogens is 300 g/mol. The van der Waals surface area contributed by atoms with Gasteiger partial charge in [-0.3, -0.25) is 4.79 Å². The number of rotatable bonds is 5. The van der Waals surface area contributed by atoms with Crippen molar-refractivity contribution < 1.29 is 15.0 Å². The minimum atomic E-state index is -0.112. The van der Waals surface area contributed by atoms with Gasteiger partial charge in [-0.15, -0.1) is 0 Å². The lowest BCUT2D eigenvalue weighted by Crippen LogP contribution is -2.01. The molecule has 2 aromatic rings. The van der Waals surface area contributed by atoms with E-state index in [0.717, 1.165) is 22.3 Å². The third-order valence-electron chi connectivity index (χ3n) is 3.87. The number of phenolic OH excluding ortho intramolecular Hbond substituents is 2. The van der Waals surface area contributed by atoms with E-state index in [1.807, 2.05) is 26.8 Å². The molecule has 3 nitrogen and oxygen atoms in total. The SMILES string of the molecule is CC(C)=CCc1c(O)ccc(C(=O)/C=C/c2ccc(O)cc2)c1C. The Labute approximate surface area is 142 Å². The molecule has 0 saturated heterocycles. The summed E-state index contributed by atoms with van der Waals surface area (Å²) in [6, 6.07) is 9.86. The van der Waals surface area contributed by atoms with E-state index in [1.54, 1.807) is 42.5 Å². The Kier molecular flexibility index (Phi) is 5.59. The molecule has 0 spiro atoms. The number of benzene rings is 2. The molecule has 0 saturated carbocycles. The maximum absolute atomic E-state index is 12.5. The van der Waals surface area contributed by atoms with Crippen molar-refractivity contribution in [3.05, 3.63) is 76.4 Å². The standard InChI is InChI=1S/C21H22O3/c1-14(2)4-10-18-15(3)19(11-13-21(18)24)20(23)12-7-16-5-8-17(22)9-6-16/h4-9,11-13,22,24H,10H2,1-3H3/b12-7+. The zero-order valence-electron chi connectivity index (χ0n) is 14.2. The van der Waals surface area contributed by atoms with E-state index in [0.29, 0.717) is 12.0 Å². The normalized spacial score (nSPS) is 10.8. The Morgan fingerprint density at radius 1 is 1.04 bits per heavy atom. The predicted molar refractivity (Wildman–Crippen MR) is 97.5 cm³/mol. The molecule has 124 valence electrons. The second-order valence-electron chi connectivity index (χ2n) is 6.01. The molecule has 0 fully saturated rings. The zero-order chi connectivity index (χ0) is 17.7. The van der Waals surface area contributed by atoms with E-state index < -0.39 is 0 Å². The predicted octanol–water partition coefficient (Wildman–Crippen LogP) is 4.81. The van der Waals surface area contributed by atoms with Crippen LogP contribution in [0.1, 0.15) is 40.9 Å². The van der Waals surface area contributed by atoms with Crippen LogP contribution < -0.4 is 0 Å². The highest BCUT2D eigenvalue weighted by Crippen LogP contribution is 2.26. The summed E-state index contributed by atoms with van der Waals surface area (Å²) in [5.74, 6) is 0.292. The van der Waals surface area contributed by atoms with E-state index in [1.165, 1.54) is 6.08 Å². The van der Waals surface area contributed by atoms with Crippen LogP contribution in [-0.2, 0) is 6.42 Å². The summed E-state index contributed by atoms with van der Waals surface area (Å²) >= 11 is 0. The molecule has 0 bridgehead atoms. The second-order valence-corrected chi connectivity index (χ2v) is 6.01. The first-order chi connectivity index (χ1) is 11.4. The van der Waals surface area contributed by atoms with Gasteiger partial charge in [-0.1, -0.05) is 29.9 Å². The van der Waals surface area contributed by atoms with Gasteiger partial charge in [-0.05, 0) is 68.7 Å². The third-order valence-corrected chi connectivity index (χ3v) is 3.87. The van der Waals surface area contributed by atoms with Crippen LogP contribution in [0.4, 0.5) is 0 Å². The van der Waals surface area contributed by atoms with Crippen LogP contribution >= 0.6 is 0 Å². The van der Waals surface area contributed by atoms with E-state index >= 15 is 0 Å². The third kappa shape index (κ3) is 4.35. The number of carbonyl (C=O) groups excluding carboxylic acids is 1. The number of carbonyl (C=O) groups is 1. The van der Waals surface area contributed by atoms with Crippen LogP contribution in [0.15, 0.2) is 54.1 Å². The molecule has 24 heavy (non-hydrogen) atoms. The molecule has 0 amide bonds. The summed E-state index contributed by atoms with van der Waals surface area (Å²) in [5, 5.41) is 19.3. The first-order valence-electron chi connectivity index (χ1n) is 7.84. The lowest BCUT2D eigenvalue weighted by atomic mass is 9.95. The molecular formula is C21H22O3. The molecule has 0 aliphatic heterocycles. The largest absolute Gasteiger partial charge is 0.508 e. The van der Waals surface area contributed by atoms with Gasteiger partial charge in [0.15, 0.2) is 5.78 Å². The highest BCUT2D eigenvalue weighted by molar-refractivity contribution is 6.08. The van der Waals surface area contributed by atoms with Crippen LogP contribution in [0.25, 0.3) is 6.08 Å². The van der Waals surface area contributed by atoms with Crippen molar-refractivity contribution in [1.82, 2.24) is 0 Å². The summed E-state index contributed by atoms with van der Waals surface area (Å²) in [5.41, 5.74) is 4.16. The van der Waals surface area contributed by atoms with Crippen LogP contribution in [0, 0.1) is 6.92 Å². The highest BCUT2D eigenvalue weighted by atomic mass is 16.3. The number of allylic oxidation sites excluding steroid dienone is 3. The van der Waals surface area contributed by atoms with Gasteiger partial charge < -0.3 is 10.2 Å². The number of hydrogen-bond donors (Lipinski definition) is 2. The van der Waals surface area contributed by atoms with Gasteiger partial charge in [0.25, 0.3) is 0 Å². The quantitative estimate of drug-likeness (QED) is 0.472. The number of ketones is 1. The fourth-order valence-corrected chi connectivity index (χ4v) is 2.42. The van der Waals surface area contributed by atoms with Crippen molar-refractivity contribution >= 4 is 11.9 Å². The van der Waals surface area contributed by atoms with E-state index in [2.05, 4.69) is 0 Å². The van der Waals surface area contributed by atoms with Gasteiger partial charge in [-0.25, -0.2) is 0 Å². The van der Waals surface area contributed by atoms with E-state index in [-0.39, 0.29) is 17.3 Å². The van der Waals surface area contributed by atoms with Crippen LogP contribution in [0.5, 0.6) is 11.5 Å². The average Bonchev–Trinajstić information content (AvgIpc) is 2.53. The van der Waals surface area contributed by atoms with Gasteiger partial charge in [0, 0.05) is 11.1 Å². The number of hydrogen-bond acceptors (Lipinski definition) is 3. The molecule has 0 aromatic heterocycles. The molecule has 0 atom stereocenters. The lowest BCUT2D eigenvalue weighted by molar-refractivity contribution is 0.104. The molecule has 2 N–H and O–H groups in total. The molecule has 2 aromatic carbocycles. The Hall–Kier alpha value is -2.81. The molecule has 0 unspecified atom stereocenters. The average molecular weight is 322 g/mol. The van der Waals surface area contributed by atoms with Crippen molar-refractivity contribution in [2.45, 2.75) is 27.2 Å². The summed E-state index contributed by atoms with van der Waals surface area (Å²) in [6.45, 7) is 5.86. The fourth-order valence-electron chi connectivity index (χ4n) is 2.42. The van der Waals surface area contributed by atoms with Crippen LogP contribution in [0.2, 0.25) is 0 Å². The van der Waals surface area contributed by atoms with Gasteiger partial charge in [0.05, 0.1) is 0 Å². The van der Waals surface area contributed by atoms with Crippen molar-refractivity contribution in [2.75, 3.05) is 0 Å². The van der Waals surface area contributed by atoms with Crippen molar-refractivity contribution in [1.29, 1.82) is 0 Å². The number of phenols is 2. The topological polar surface area (TPSA) is 57.5 Å². The van der Waals surface area contributed by atoms with Crippen molar-refractivity contribution in [3.8, 4) is 11.5 Å². The summed E-state index contributed by atoms with van der Waals surface area (Å²) < 4.78 is 0. The minimum absolute atomic E-state index is 0.112. The molecule has 0 radical (unpaired) electrons. The van der Waals surface area contributed by atoms with E-state index in [4.69, 9.17) is 0 Å². The molecule has 0 heterocycles. The second kappa shape index (κ2) is 7.64. The maximum atomic E-state index is 12.5. The van der Waals surface area contributed by atoms with Gasteiger partial charge in [0.2, 0.25) is 0 Å². The maximum Gasteiger partial charge on any atom is 0.186 e. The number of aromatic hydroxyl groups is 2. The first-order valence-corrected chi connectivity index (χ1v) is 7.84. The fraction of sp³-hybridized carbons (Fsp3) is 0.190. The van der Waals surface area contributed by atoms with Gasteiger partial charge in [-0.2, -0.15) is 0 Å². The Bertz CT molecular complexity index is 793. The highest BCUT2D eigenvalue weighted by Gasteiger charge is 2.12. The Morgan fingerprint density at radius 2 is 1.71 bits per heavy atom. The summed E-state index contributed by atoms with van der Waals surface area (Å²) in [6.07, 6.45) is 5.85. The molecule has 2 rings (SSSR count). The Balaban J connectivity index is 2.27. The minimum Gasteiger partial charge on any atom is -0.508 e.